The molecule has 0 amide bonds. The van der Waals surface area contributed by atoms with Gasteiger partial charge < -0.3 is 9.47 Å². The Labute approximate surface area is 315 Å². The van der Waals surface area contributed by atoms with Gasteiger partial charge >= 0.3 is 0 Å². The van der Waals surface area contributed by atoms with Gasteiger partial charge in [-0.05, 0) is 93.2 Å². The van der Waals surface area contributed by atoms with Crippen LogP contribution >= 0.6 is 0 Å². The summed E-state index contributed by atoms with van der Waals surface area (Å²) in [6.45, 7) is 0. The van der Waals surface area contributed by atoms with Crippen molar-refractivity contribution >= 4 is 49.6 Å². The van der Waals surface area contributed by atoms with E-state index in [0.29, 0.717) is 0 Å². The van der Waals surface area contributed by atoms with Crippen LogP contribution in [0.1, 0.15) is 0 Å². The predicted molar refractivity (Wildman–Crippen MR) is 229 cm³/mol. The number of nitrogens with zero attached hydrogens (tertiary/aromatic N) is 2. The minimum absolute atomic E-state index is 1.10. The molecule has 9 aromatic carbocycles. The van der Waals surface area contributed by atoms with Gasteiger partial charge in [-0.25, -0.2) is 0 Å². The maximum Gasteiger partial charge on any atom is 0.0547 e. The van der Waals surface area contributed by atoms with Crippen molar-refractivity contribution in [3.63, 3.8) is 0 Å². The van der Waals surface area contributed by atoms with Crippen LogP contribution in [0.25, 0.3) is 71.6 Å². The van der Waals surface area contributed by atoms with Gasteiger partial charge in [0.25, 0.3) is 0 Å². The quantitative estimate of drug-likeness (QED) is 0.162. The third-order valence-electron chi connectivity index (χ3n) is 10.6. The number of fused-ring (bicyclic) bond motifs is 4. The summed E-state index contributed by atoms with van der Waals surface area (Å²) in [5.41, 5.74) is 14.1. The molecule has 0 saturated carbocycles. The Morgan fingerprint density at radius 3 is 1.63 bits per heavy atom. The van der Waals surface area contributed by atoms with E-state index in [0.717, 1.165) is 22.7 Å². The largest absolute Gasteiger partial charge is 0.310 e. The summed E-state index contributed by atoms with van der Waals surface area (Å²) < 4.78 is 2.39. The average molecular weight is 689 g/mol. The molecule has 0 saturated heterocycles. The zero-order chi connectivity index (χ0) is 35.8. The monoisotopic (exact) mass is 688 g/mol. The summed E-state index contributed by atoms with van der Waals surface area (Å²) in [5.74, 6) is 0. The molecule has 0 radical (unpaired) electrons. The van der Waals surface area contributed by atoms with Crippen molar-refractivity contribution in [2.45, 2.75) is 0 Å². The molecular weight excluding hydrogens is 653 g/mol. The molecule has 0 fully saturated rings. The van der Waals surface area contributed by atoms with E-state index in [1.54, 1.807) is 0 Å². The smallest absolute Gasteiger partial charge is 0.0547 e. The van der Waals surface area contributed by atoms with Crippen molar-refractivity contribution in [2.24, 2.45) is 0 Å². The lowest BCUT2D eigenvalue weighted by atomic mass is 9.96. The third-order valence-corrected chi connectivity index (χ3v) is 10.6. The standard InChI is InChI=1S/C52H36N2/c1-3-17-41(18-4-1)53(43-35-33-38(34-36-43)37-29-31-40(32-30-37)45-24-13-16-39-15-7-8-21-44(39)45)49-26-11-9-22-46(49)47-25-14-28-51-52(47)48-23-10-12-27-50(48)54(51)42-19-5-2-6-20-42/h1-36H. The fourth-order valence-corrected chi connectivity index (χ4v) is 8.12. The van der Waals surface area contributed by atoms with Crippen molar-refractivity contribution in [3.8, 4) is 39.1 Å². The van der Waals surface area contributed by atoms with E-state index < -0.39 is 0 Å². The molecule has 54 heavy (non-hydrogen) atoms. The number of anilines is 3. The molecule has 10 aromatic rings. The van der Waals surface area contributed by atoms with Gasteiger partial charge in [-0.1, -0.05) is 164 Å². The van der Waals surface area contributed by atoms with Crippen LogP contribution in [0.5, 0.6) is 0 Å². The van der Waals surface area contributed by atoms with Crippen molar-refractivity contribution < 1.29 is 0 Å². The second-order valence-electron chi connectivity index (χ2n) is 13.7. The maximum absolute atomic E-state index is 2.39. The summed E-state index contributed by atoms with van der Waals surface area (Å²) in [4.78, 5) is 2.39. The van der Waals surface area contributed by atoms with Crippen LogP contribution in [0, 0.1) is 0 Å². The third kappa shape index (κ3) is 5.44. The lowest BCUT2D eigenvalue weighted by Crippen LogP contribution is -2.11. The highest BCUT2D eigenvalue weighted by molar-refractivity contribution is 6.17. The van der Waals surface area contributed by atoms with Crippen molar-refractivity contribution in [1.29, 1.82) is 0 Å². The molecule has 0 atom stereocenters. The van der Waals surface area contributed by atoms with Crippen molar-refractivity contribution in [2.75, 3.05) is 4.90 Å². The molecule has 10 rings (SSSR count). The van der Waals surface area contributed by atoms with Gasteiger partial charge in [-0.2, -0.15) is 0 Å². The SMILES string of the molecule is c1ccc(N(c2ccc(-c3ccc(-c4cccc5ccccc45)cc3)cc2)c2ccccc2-c2cccc3c2c2ccccc2n3-c2ccccc2)cc1. The Kier molecular flexibility index (Phi) is 7.85. The van der Waals surface area contributed by atoms with Crippen LogP contribution < -0.4 is 4.90 Å². The molecular formula is C52H36N2. The van der Waals surface area contributed by atoms with Crippen molar-refractivity contribution in [1.82, 2.24) is 4.57 Å². The number of hydrogen-bond acceptors (Lipinski definition) is 1. The van der Waals surface area contributed by atoms with Gasteiger partial charge in [0.2, 0.25) is 0 Å². The van der Waals surface area contributed by atoms with E-state index >= 15 is 0 Å². The summed E-state index contributed by atoms with van der Waals surface area (Å²) in [7, 11) is 0. The number of rotatable bonds is 7. The molecule has 1 aromatic heterocycles. The lowest BCUT2D eigenvalue weighted by Gasteiger charge is -2.28. The van der Waals surface area contributed by atoms with E-state index in [4.69, 9.17) is 0 Å². The highest BCUT2D eigenvalue weighted by atomic mass is 15.1. The van der Waals surface area contributed by atoms with Gasteiger partial charge in [0.1, 0.15) is 0 Å². The zero-order valence-electron chi connectivity index (χ0n) is 29.7. The van der Waals surface area contributed by atoms with Crippen LogP contribution in [-0.4, -0.2) is 4.57 Å². The minimum atomic E-state index is 1.10. The first-order chi connectivity index (χ1) is 26.8. The molecule has 254 valence electrons. The molecule has 0 aliphatic heterocycles. The zero-order valence-corrected chi connectivity index (χ0v) is 29.7. The minimum Gasteiger partial charge on any atom is -0.310 e. The first-order valence-electron chi connectivity index (χ1n) is 18.5. The molecule has 1 heterocycles. The van der Waals surface area contributed by atoms with Gasteiger partial charge in [0.05, 0.1) is 16.7 Å². The first-order valence-corrected chi connectivity index (χ1v) is 18.5. The van der Waals surface area contributed by atoms with Gasteiger partial charge in [0, 0.05) is 33.4 Å². The Morgan fingerprint density at radius 1 is 0.315 bits per heavy atom. The molecule has 0 aliphatic carbocycles. The average Bonchev–Trinajstić information content (AvgIpc) is 3.60. The molecule has 0 spiro atoms. The topological polar surface area (TPSA) is 8.17 Å². The Hall–Kier alpha value is -7.16. The Morgan fingerprint density at radius 2 is 0.833 bits per heavy atom. The molecule has 2 nitrogen and oxygen atoms in total. The van der Waals surface area contributed by atoms with Gasteiger partial charge in [-0.15, -0.1) is 0 Å². The van der Waals surface area contributed by atoms with Gasteiger partial charge in [0.15, 0.2) is 0 Å². The second-order valence-corrected chi connectivity index (χ2v) is 13.7. The van der Waals surface area contributed by atoms with Crippen LogP contribution in [0.15, 0.2) is 218 Å². The predicted octanol–water partition coefficient (Wildman–Crippen LogP) is 14.4. The molecule has 0 N–H and O–H groups in total. The fraction of sp³-hybridized carbons (Fsp3) is 0. The van der Waals surface area contributed by atoms with Crippen LogP contribution in [0.4, 0.5) is 17.1 Å². The summed E-state index contributed by atoms with van der Waals surface area (Å²) >= 11 is 0. The normalized spacial score (nSPS) is 11.3. The van der Waals surface area contributed by atoms with E-state index in [1.807, 2.05) is 0 Å². The van der Waals surface area contributed by atoms with Crippen molar-refractivity contribution in [3.05, 3.63) is 218 Å². The van der Waals surface area contributed by atoms with E-state index in [2.05, 4.69) is 228 Å². The van der Waals surface area contributed by atoms with E-state index in [9.17, 15) is 0 Å². The molecule has 0 unspecified atom stereocenters. The number of para-hydroxylation sites is 4. The Balaban J connectivity index is 1.08. The molecule has 2 heteroatoms. The number of hydrogen-bond donors (Lipinski definition) is 0. The summed E-state index contributed by atoms with van der Waals surface area (Å²) in [5, 5.41) is 5.02. The van der Waals surface area contributed by atoms with Crippen LogP contribution in [-0.2, 0) is 0 Å². The first kappa shape index (κ1) is 31.6. The summed E-state index contributed by atoms with van der Waals surface area (Å²) in [6, 6.07) is 78.8. The van der Waals surface area contributed by atoms with Gasteiger partial charge in [-0.3, -0.25) is 0 Å². The van der Waals surface area contributed by atoms with E-state index in [-0.39, 0.29) is 0 Å². The van der Waals surface area contributed by atoms with E-state index in [1.165, 1.54) is 66.0 Å². The second kappa shape index (κ2) is 13.4. The van der Waals surface area contributed by atoms with Crippen LogP contribution in [0.3, 0.4) is 0 Å². The van der Waals surface area contributed by atoms with Crippen LogP contribution in [0.2, 0.25) is 0 Å². The highest BCUT2D eigenvalue weighted by Crippen LogP contribution is 2.45. The fourth-order valence-electron chi connectivity index (χ4n) is 8.12. The molecule has 0 aliphatic rings. The number of aromatic nitrogens is 1. The highest BCUT2D eigenvalue weighted by Gasteiger charge is 2.21. The maximum atomic E-state index is 2.39. The molecule has 0 bridgehead atoms. The Bertz CT molecular complexity index is 2900. The summed E-state index contributed by atoms with van der Waals surface area (Å²) in [6.07, 6.45) is 0. The number of benzene rings is 9. The lowest BCUT2D eigenvalue weighted by molar-refractivity contribution is 1.18.